The van der Waals surface area contributed by atoms with Crippen molar-refractivity contribution < 1.29 is 14.3 Å². The number of rotatable bonds is 6. The highest BCUT2D eigenvalue weighted by molar-refractivity contribution is 5.83. The molecule has 0 aliphatic heterocycles. The van der Waals surface area contributed by atoms with Crippen molar-refractivity contribution in [3.8, 4) is 11.5 Å². The second kappa shape index (κ2) is 6.35. The van der Waals surface area contributed by atoms with Crippen LogP contribution in [0.5, 0.6) is 11.5 Å². The summed E-state index contributed by atoms with van der Waals surface area (Å²) < 4.78 is 10.5. The van der Waals surface area contributed by atoms with Crippen LogP contribution in [0.25, 0.3) is 0 Å². The first-order valence-electron chi connectivity index (χ1n) is 6.91. The monoisotopic (exact) mass is 294 g/mol. The Hall–Kier alpha value is -1.75. The zero-order valence-corrected chi connectivity index (χ0v) is 13.7. The third-order valence-electron chi connectivity index (χ3n) is 4.11. The van der Waals surface area contributed by atoms with Crippen molar-refractivity contribution in [1.82, 2.24) is 5.32 Å². The first-order chi connectivity index (χ1) is 9.63. The van der Waals surface area contributed by atoms with Gasteiger partial charge >= 0.3 is 0 Å². The number of ether oxygens (including phenoxy) is 2. The van der Waals surface area contributed by atoms with Gasteiger partial charge in [-0.1, -0.05) is 0 Å². The van der Waals surface area contributed by atoms with Crippen LogP contribution in [0.3, 0.4) is 0 Å². The lowest BCUT2D eigenvalue weighted by Crippen LogP contribution is -2.55. The zero-order valence-electron chi connectivity index (χ0n) is 13.7. The molecule has 1 rings (SSSR count). The molecule has 0 bridgehead atoms. The highest BCUT2D eigenvalue weighted by atomic mass is 16.5. The maximum atomic E-state index is 12.4. The van der Waals surface area contributed by atoms with Gasteiger partial charge in [-0.25, -0.2) is 0 Å². The number of amides is 1. The molecule has 1 amide bonds. The van der Waals surface area contributed by atoms with Crippen molar-refractivity contribution in [2.75, 3.05) is 14.2 Å². The molecule has 0 aromatic heterocycles. The highest BCUT2D eigenvalue weighted by Gasteiger charge is 2.40. The van der Waals surface area contributed by atoms with Crippen LogP contribution in [-0.4, -0.2) is 25.7 Å². The predicted molar refractivity (Wildman–Crippen MR) is 83.4 cm³/mol. The first-order valence-corrected chi connectivity index (χ1v) is 6.91. The van der Waals surface area contributed by atoms with Gasteiger partial charge < -0.3 is 20.5 Å². The molecule has 0 atom stereocenters. The van der Waals surface area contributed by atoms with E-state index in [1.54, 1.807) is 20.3 Å². The third kappa shape index (κ3) is 3.88. The minimum Gasteiger partial charge on any atom is -0.497 e. The van der Waals surface area contributed by atoms with Crippen LogP contribution in [0.2, 0.25) is 0 Å². The molecule has 5 nitrogen and oxygen atoms in total. The molecule has 3 N–H and O–H groups in total. The van der Waals surface area contributed by atoms with E-state index in [2.05, 4.69) is 5.32 Å². The molecule has 0 spiro atoms. The third-order valence-corrected chi connectivity index (χ3v) is 4.11. The average molecular weight is 294 g/mol. The Balaban J connectivity index is 2.82. The van der Waals surface area contributed by atoms with Crippen molar-refractivity contribution in [3.63, 3.8) is 0 Å². The van der Waals surface area contributed by atoms with Crippen molar-refractivity contribution in [3.05, 3.63) is 23.8 Å². The molecule has 5 heteroatoms. The summed E-state index contributed by atoms with van der Waals surface area (Å²) in [6.07, 6.45) is 0. The van der Waals surface area contributed by atoms with E-state index in [0.29, 0.717) is 18.0 Å². The number of methoxy groups -OCH3 is 2. The largest absolute Gasteiger partial charge is 0.497 e. The molecule has 21 heavy (non-hydrogen) atoms. The number of carbonyl (C=O) groups is 1. The van der Waals surface area contributed by atoms with Gasteiger partial charge in [-0.15, -0.1) is 0 Å². The van der Waals surface area contributed by atoms with E-state index >= 15 is 0 Å². The van der Waals surface area contributed by atoms with Gasteiger partial charge in [-0.2, -0.15) is 0 Å². The molecule has 1 aromatic carbocycles. The summed E-state index contributed by atoms with van der Waals surface area (Å²) in [5.41, 5.74) is 5.68. The summed E-state index contributed by atoms with van der Waals surface area (Å²) in [7, 11) is 3.19. The maximum Gasteiger partial charge on any atom is 0.227 e. The van der Waals surface area contributed by atoms with Gasteiger partial charge in [0.25, 0.3) is 0 Å². The summed E-state index contributed by atoms with van der Waals surface area (Å²) in [6.45, 7) is 7.76. The smallest absolute Gasteiger partial charge is 0.227 e. The highest BCUT2D eigenvalue weighted by Crippen LogP contribution is 2.29. The molecule has 0 saturated carbocycles. The number of hydrogen-bond acceptors (Lipinski definition) is 4. The molecule has 0 heterocycles. The Morgan fingerprint density at radius 2 is 1.81 bits per heavy atom. The maximum absolute atomic E-state index is 12.4. The molecule has 0 aliphatic carbocycles. The van der Waals surface area contributed by atoms with E-state index in [1.807, 2.05) is 39.8 Å². The van der Waals surface area contributed by atoms with Crippen molar-refractivity contribution in [2.24, 2.45) is 11.1 Å². The molecule has 0 fully saturated rings. The standard InChI is InChI=1S/C16H26N2O3/c1-15(2,16(3,4)17)14(19)18-10-11-7-8-12(20-5)9-13(11)21-6/h7-9H,10,17H2,1-6H3,(H,18,19). The Bertz CT molecular complexity index is 505. The summed E-state index contributed by atoms with van der Waals surface area (Å²) in [6, 6.07) is 5.50. The number of hydrogen-bond donors (Lipinski definition) is 2. The van der Waals surface area contributed by atoms with Crippen LogP contribution in [0.1, 0.15) is 33.3 Å². The van der Waals surface area contributed by atoms with Crippen LogP contribution in [0.4, 0.5) is 0 Å². The first kappa shape index (κ1) is 17.3. The van der Waals surface area contributed by atoms with E-state index < -0.39 is 11.0 Å². The normalized spacial score (nSPS) is 12.0. The summed E-state index contributed by atoms with van der Waals surface area (Å²) in [5.74, 6) is 1.30. The van der Waals surface area contributed by atoms with Crippen LogP contribution in [0, 0.1) is 5.41 Å². The van der Waals surface area contributed by atoms with Gasteiger partial charge in [-0.05, 0) is 39.8 Å². The Kier molecular flexibility index (Phi) is 5.23. The van der Waals surface area contributed by atoms with Crippen molar-refractivity contribution in [1.29, 1.82) is 0 Å². The van der Waals surface area contributed by atoms with Gasteiger partial charge in [-0.3, -0.25) is 4.79 Å². The lowest BCUT2D eigenvalue weighted by atomic mass is 9.74. The fourth-order valence-electron chi connectivity index (χ4n) is 1.69. The van der Waals surface area contributed by atoms with Crippen molar-refractivity contribution in [2.45, 2.75) is 39.8 Å². The molecule has 1 aromatic rings. The Morgan fingerprint density at radius 1 is 1.19 bits per heavy atom. The van der Waals surface area contributed by atoms with Crippen LogP contribution in [-0.2, 0) is 11.3 Å². The Morgan fingerprint density at radius 3 is 2.29 bits per heavy atom. The van der Waals surface area contributed by atoms with Crippen molar-refractivity contribution >= 4 is 5.91 Å². The predicted octanol–water partition coefficient (Wildman–Crippen LogP) is 2.08. The van der Waals surface area contributed by atoms with Crippen LogP contribution >= 0.6 is 0 Å². The fraction of sp³-hybridized carbons (Fsp3) is 0.562. The van der Waals surface area contributed by atoms with Gasteiger partial charge in [0.1, 0.15) is 11.5 Å². The number of benzene rings is 1. The van der Waals surface area contributed by atoms with E-state index in [1.165, 1.54) is 0 Å². The second-order valence-corrected chi connectivity index (χ2v) is 6.21. The van der Waals surface area contributed by atoms with E-state index in [4.69, 9.17) is 15.2 Å². The lowest BCUT2D eigenvalue weighted by Gasteiger charge is -2.36. The second-order valence-electron chi connectivity index (χ2n) is 6.21. The van der Waals surface area contributed by atoms with Gasteiger partial charge in [0.05, 0.1) is 19.6 Å². The molecule has 0 radical (unpaired) electrons. The molecule has 118 valence electrons. The lowest BCUT2D eigenvalue weighted by molar-refractivity contribution is -0.132. The molecule has 0 saturated heterocycles. The molecule has 0 aliphatic rings. The summed E-state index contributed by atoms with van der Waals surface area (Å²) in [4.78, 5) is 12.4. The number of carbonyl (C=O) groups excluding carboxylic acids is 1. The minimum atomic E-state index is -0.674. The zero-order chi connectivity index (χ0) is 16.3. The number of nitrogens with one attached hydrogen (secondary N) is 1. The van der Waals surface area contributed by atoms with Gasteiger partial charge in [0, 0.05) is 23.7 Å². The molecule has 0 unspecified atom stereocenters. The van der Waals surface area contributed by atoms with Crippen LogP contribution in [0.15, 0.2) is 18.2 Å². The van der Waals surface area contributed by atoms with Gasteiger partial charge in [0.2, 0.25) is 5.91 Å². The summed E-state index contributed by atoms with van der Waals surface area (Å²) >= 11 is 0. The van der Waals surface area contributed by atoms with E-state index in [9.17, 15) is 4.79 Å². The topological polar surface area (TPSA) is 73.6 Å². The number of nitrogens with two attached hydrogens (primary N) is 1. The molecular formula is C16H26N2O3. The average Bonchev–Trinajstić information content (AvgIpc) is 2.43. The summed E-state index contributed by atoms with van der Waals surface area (Å²) in [5, 5.41) is 2.92. The Labute approximate surface area is 126 Å². The van der Waals surface area contributed by atoms with Crippen LogP contribution < -0.4 is 20.5 Å². The molecular weight excluding hydrogens is 268 g/mol. The SMILES string of the molecule is COc1ccc(CNC(=O)C(C)(C)C(C)(C)N)c(OC)c1. The van der Waals surface area contributed by atoms with Gasteiger partial charge in [0.15, 0.2) is 0 Å². The quantitative estimate of drug-likeness (QED) is 0.842. The van der Waals surface area contributed by atoms with E-state index in [0.717, 1.165) is 5.56 Å². The van der Waals surface area contributed by atoms with E-state index in [-0.39, 0.29) is 5.91 Å². The fourth-order valence-corrected chi connectivity index (χ4v) is 1.69. The minimum absolute atomic E-state index is 0.0899.